The SMILES string of the molecule is [B]C1=C(c2ccc(C3=C(C)C(C)C4(C)NC(=C3)c3ccccc34)cc2)C=C1. The summed E-state index contributed by atoms with van der Waals surface area (Å²) in [5, 5.41) is 3.81. The second kappa shape index (κ2) is 5.63. The quantitative estimate of drug-likeness (QED) is 0.716. The fraction of sp³-hybridized carbons (Fsp3) is 0.200. The molecule has 0 saturated carbocycles. The van der Waals surface area contributed by atoms with Crippen molar-refractivity contribution in [1.82, 2.24) is 5.32 Å². The maximum absolute atomic E-state index is 5.96. The zero-order valence-corrected chi connectivity index (χ0v) is 16.0. The molecule has 3 aliphatic rings. The summed E-state index contributed by atoms with van der Waals surface area (Å²) in [5.41, 5.74) is 11.1. The van der Waals surface area contributed by atoms with Crippen LogP contribution < -0.4 is 5.32 Å². The Labute approximate surface area is 162 Å². The van der Waals surface area contributed by atoms with Crippen molar-refractivity contribution in [2.24, 2.45) is 5.92 Å². The van der Waals surface area contributed by atoms with Crippen molar-refractivity contribution in [3.63, 3.8) is 0 Å². The third kappa shape index (κ3) is 2.26. The molecule has 2 radical (unpaired) electrons. The Hall–Kier alpha value is -2.74. The number of rotatable bonds is 2. The van der Waals surface area contributed by atoms with Gasteiger partial charge in [0.1, 0.15) is 7.85 Å². The van der Waals surface area contributed by atoms with Gasteiger partial charge in [0.25, 0.3) is 0 Å². The highest BCUT2D eigenvalue weighted by molar-refractivity contribution is 6.30. The summed E-state index contributed by atoms with van der Waals surface area (Å²) in [6, 6.07) is 17.6. The molecule has 1 N–H and O–H groups in total. The first-order chi connectivity index (χ1) is 13.0. The molecule has 0 amide bonds. The first kappa shape index (κ1) is 16.4. The Kier molecular flexibility index (Phi) is 3.43. The van der Waals surface area contributed by atoms with Crippen LogP contribution in [0.3, 0.4) is 0 Å². The van der Waals surface area contributed by atoms with E-state index in [2.05, 4.69) is 86.8 Å². The first-order valence-electron chi connectivity index (χ1n) is 9.58. The van der Waals surface area contributed by atoms with Gasteiger partial charge in [0, 0.05) is 17.2 Å². The molecule has 0 aromatic heterocycles. The Bertz CT molecular complexity index is 1080. The molecule has 1 aliphatic carbocycles. The minimum atomic E-state index is -0.0653. The van der Waals surface area contributed by atoms with E-state index < -0.39 is 0 Å². The number of fused-ring (bicyclic) bond motifs is 5. The van der Waals surface area contributed by atoms with Gasteiger partial charge in [-0.1, -0.05) is 78.7 Å². The third-order valence-electron chi connectivity index (χ3n) is 6.65. The summed E-state index contributed by atoms with van der Waals surface area (Å²) in [5.74, 6) is 0.387. The number of benzene rings is 2. The lowest BCUT2D eigenvalue weighted by Crippen LogP contribution is -2.39. The normalized spacial score (nSPS) is 25.6. The van der Waals surface area contributed by atoms with E-state index in [0.717, 1.165) is 11.0 Å². The maximum atomic E-state index is 5.96. The van der Waals surface area contributed by atoms with Crippen molar-refractivity contribution >= 4 is 24.7 Å². The van der Waals surface area contributed by atoms with E-state index in [-0.39, 0.29) is 5.54 Å². The minimum Gasteiger partial charge on any atom is -0.375 e. The fourth-order valence-corrected chi connectivity index (χ4v) is 4.63. The molecule has 2 aliphatic heterocycles. The summed E-state index contributed by atoms with van der Waals surface area (Å²) in [4.78, 5) is 0. The van der Waals surface area contributed by atoms with Gasteiger partial charge in [-0.15, -0.1) is 0 Å². The van der Waals surface area contributed by atoms with Crippen LogP contribution in [0.25, 0.3) is 16.8 Å². The Morgan fingerprint density at radius 3 is 2.22 bits per heavy atom. The zero-order valence-electron chi connectivity index (χ0n) is 16.0. The lowest BCUT2D eigenvalue weighted by Gasteiger charge is -2.34. The van der Waals surface area contributed by atoms with E-state index in [1.165, 1.54) is 39.1 Å². The number of hydrogen-bond donors (Lipinski definition) is 1. The monoisotopic (exact) mass is 347 g/mol. The van der Waals surface area contributed by atoms with Crippen LogP contribution in [0.1, 0.15) is 43.0 Å². The molecule has 2 heteroatoms. The number of hydrogen-bond acceptors (Lipinski definition) is 1. The van der Waals surface area contributed by atoms with E-state index in [9.17, 15) is 0 Å². The highest BCUT2D eigenvalue weighted by Gasteiger charge is 2.43. The van der Waals surface area contributed by atoms with Crippen LogP contribution in [0, 0.1) is 5.92 Å². The Morgan fingerprint density at radius 1 is 0.926 bits per heavy atom. The average Bonchev–Trinajstić information content (AvgIpc) is 2.92. The van der Waals surface area contributed by atoms with Gasteiger partial charge in [-0.25, -0.2) is 0 Å². The van der Waals surface area contributed by atoms with E-state index >= 15 is 0 Å². The highest BCUT2D eigenvalue weighted by atomic mass is 15.0. The van der Waals surface area contributed by atoms with Crippen LogP contribution in [0.15, 0.2) is 77.8 Å². The van der Waals surface area contributed by atoms with Gasteiger partial charge in [-0.05, 0) is 47.8 Å². The predicted octanol–water partition coefficient (Wildman–Crippen LogP) is 5.42. The van der Waals surface area contributed by atoms with Crippen molar-refractivity contribution in [1.29, 1.82) is 0 Å². The standard InChI is InChI=1S/C25H22BN/c1-15-16(2)25(3)22-7-5-4-6-20(22)24(27-25)14-21(15)18-10-8-17(9-11-18)19-12-13-23(19)26/h4-14,16,27H,1-3H3. The van der Waals surface area contributed by atoms with Gasteiger partial charge in [-0.3, -0.25) is 0 Å². The Balaban J connectivity index is 1.62. The van der Waals surface area contributed by atoms with Crippen LogP contribution in [0.2, 0.25) is 0 Å². The average molecular weight is 347 g/mol. The molecule has 2 heterocycles. The van der Waals surface area contributed by atoms with Gasteiger partial charge >= 0.3 is 0 Å². The molecule has 2 atom stereocenters. The van der Waals surface area contributed by atoms with E-state index in [1.54, 1.807) is 0 Å². The van der Waals surface area contributed by atoms with Crippen molar-refractivity contribution in [2.45, 2.75) is 26.3 Å². The van der Waals surface area contributed by atoms with Crippen molar-refractivity contribution in [2.75, 3.05) is 0 Å². The second-order valence-electron chi connectivity index (χ2n) is 8.03. The summed E-state index contributed by atoms with van der Waals surface area (Å²) < 4.78 is 0. The number of nitrogens with one attached hydrogen (secondary N) is 1. The van der Waals surface area contributed by atoms with Crippen LogP contribution in [-0.4, -0.2) is 7.85 Å². The fourth-order valence-electron chi connectivity index (χ4n) is 4.63. The van der Waals surface area contributed by atoms with Crippen molar-refractivity contribution in [3.8, 4) is 0 Å². The zero-order chi connectivity index (χ0) is 18.8. The predicted molar refractivity (Wildman–Crippen MR) is 115 cm³/mol. The van der Waals surface area contributed by atoms with Crippen molar-refractivity contribution < 1.29 is 0 Å². The van der Waals surface area contributed by atoms with E-state index in [4.69, 9.17) is 7.85 Å². The van der Waals surface area contributed by atoms with E-state index in [1.807, 2.05) is 6.08 Å². The molecule has 0 fully saturated rings. The van der Waals surface area contributed by atoms with Crippen LogP contribution in [-0.2, 0) is 5.54 Å². The third-order valence-corrected chi connectivity index (χ3v) is 6.65. The smallest absolute Gasteiger partial charge is 0.114 e. The molecule has 0 spiro atoms. The lowest BCUT2D eigenvalue weighted by atomic mass is 9.75. The van der Waals surface area contributed by atoms with E-state index in [0.29, 0.717) is 5.92 Å². The maximum Gasteiger partial charge on any atom is 0.114 e. The van der Waals surface area contributed by atoms with Crippen molar-refractivity contribution in [3.05, 3.63) is 100 Å². The molecule has 0 saturated heterocycles. The van der Waals surface area contributed by atoms with Crippen LogP contribution in [0.4, 0.5) is 0 Å². The first-order valence-corrected chi connectivity index (χ1v) is 9.58. The number of allylic oxidation sites excluding steroid dienone is 6. The topological polar surface area (TPSA) is 12.0 Å². The summed E-state index contributed by atoms with van der Waals surface area (Å²) >= 11 is 0. The molecule has 2 aromatic carbocycles. The molecule has 5 rings (SSSR count). The van der Waals surface area contributed by atoms with Crippen LogP contribution in [0.5, 0.6) is 0 Å². The van der Waals surface area contributed by atoms with Gasteiger partial charge in [0.2, 0.25) is 0 Å². The second-order valence-corrected chi connectivity index (χ2v) is 8.03. The summed E-state index contributed by atoms with van der Waals surface area (Å²) in [6.45, 7) is 6.93. The molecule has 1 nitrogen and oxygen atoms in total. The molecule has 2 aromatic rings. The van der Waals surface area contributed by atoms with Gasteiger partial charge in [0.05, 0.1) is 5.54 Å². The molecule has 2 bridgehead atoms. The Morgan fingerprint density at radius 2 is 1.59 bits per heavy atom. The van der Waals surface area contributed by atoms with Gasteiger partial charge in [-0.2, -0.15) is 0 Å². The lowest BCUT2D eigenvalue weighted by molar-refractivity contribution is 0.337. The molecule has 27 heavy (non-hydrogen) atoms. The summed E-state index contributed by atoms with van der Waals surface area (Å²) in [6.07, 6.45) is 6.36. The van der Waals surface area contributed by atoms with Gasteiger partial charge < -0.3 is 5.32 Å². The largest absolute Gasteiger partial charge is 0.375 e. The van der Waals surface area contributed by atoms with Crippen LogP contribution >= 0.6 is 0 Å². The molecule has 130 valence electrons. The molecular weight excluding hydrogens is 325 g/mol. The highest BCUT2D eigenvalue weighted by Crippen LogP contribution is 2.48. The minimum absolute atomic E-state index is 0.0653. The summed E-state index contributed by atoms with van der Waals surface area (Å²) in [7, 11) is 5.96. The molecular formula is C25H22BN. The van der Waals surface area contributed by atoms with Gasteiger partial charge in [0.15, 0.2) is 0 Å². The molecule has 2 unspecified atom stereocenters.